The number of nitrogens with zero attached hydrogens (tertiary/aromatic N) is 2. The third kappa shape index (κ3) is 7.48. The molecule has 7 heteroatoms. The van der Waals surface area contributed by atoms with Crippen molar-refractivity contribution in [3.05, 3.63) is 127 Å². The number of benzene rings is 4. The van der Waals surface area contributed by atoms with Crippen LogP contribution in [0.15, 0.2) is 126 Å². The van der Waals surface area contributed by atoms with Gasteiger partial charge in [0.2, 0.25) is 0 Å². The molecule has 6 aromatic rings. The Morgan fingerprint density at radius 2 is 1.47 bits per heavy atom. The molecule has 5 nitrogen and oxygen atoms in total. The van der Waals surface area contributed by atoms with Gasteiger partial charge in [-0.15, -0.1) is 6.07 Å². The van der Waals surface area contributed by atoms with Crippen molar-refractivity contribution in [2.75, 3.05) is 19.7 Å². The summed E-state index contributed by atoms with van der Waals surface area (Å²) in [6.07, 6.45) is 0. The molecule has 0 saturated carbocycles. The summed E-state index contributed by atoms with van der Waals surface area (Å²) in [5.41, 5.74) is 2.86. The monoisotopic (exact) mass is 684 g/mol. The number of rotatable bonds is 9. The summed E-state index contributed by atoms with van der Waals surface area (Å²) in [5, 5.41) is 16.6. The van der Waals surface area contributed by atoms with Crippen LogP contribution in [0, 0.1) is 5.92 Å². The summed E-state index contributed by atoms with van der Waals surface area (Å²) < 4.78 is 14.8. The van der Waals surface area contributed by atoms with Crippen molar-refractivity contribution in [1.82, 2.24) is 4.67 Å². The van der Waals surface area contributed by atoms with E-state index in [1.54, 1.807) is 6.07 Å². The van der Waals surface area contributed by atoms with Crippen molar-refractivity contribution >= 4 is 41.0 Å². The Kier molecular flexibility index (Phi) is 11.6. The molecule has 6 aromatic carbocycles. The summed E-state index contributed by atoms with van der Waals surface area (Å²) >= 11 is 0. The number of ether oxygens (including phenoxy) is 1. The van der Waals surface area contributed by atoms with Crippen LogP contribution in [0.3, 0.4) is 0 Å². The molecule has 0 fully saturated rings. The molecule has 0 unspecified atom stereocenters. The molecule has 1 heterocycles. The van der Waals surface area contributed by atoms with E-state index in [0.29, 0.717) is 12.0 Å². The summed E-state index contributed by atoms with van der Waals surface area (Å²) in [6, 6.07) is 41.2. The van der Waals surface area contributed by atoms with Crippen LogP contribution in [-0.2, 0) is 21.8 Å². The van der Waals surface area contributed by atoms with E-state index in [2.05, 4.69) is 98.0 Å². The Labute approximate surface area is 290 Å². The summed E-state index contributed by atoms with van der Waals surface area (Å²) in [7, 11) is -1.02. The van der Waals surface area contributed by atoms with Gasteiger partial charge in [-0.3, -0.25) is 4.99 Å². The maximum atomic E-state index is 11.1. The average molecular weight is 685 g/mol. The number of aliphatic imine (C=N–C) groups is 1. The van der Waals surface area contributed by atoms with Gasteiger partial charge in [-0.2, -0.15) is 30.3 Å². The molecule has 47 heavy (non-hydrogen) atoms. The van der Waals surface area contributed by atoms with Gasteiger partial charge in [0, 0.05) is 24.2 Å². The predicted molar refractivity (Wildman–Crippen MR) is 194 cm³/mol. The van der Waals surface area contributed by atoms with Crippen LogP contribution in [0.2, 0.25) is 0 Å². The Bertz CT molecular complexity index is 1910. The number of phenolic OH excluding ortho intramolecular Hbond substituents is 1. The quantitative estimate of drug-likeness (QED) is 0.0937. The van der Waals surface area contributed by atoms with Gasteiger partial charge in [-0.1, -0.05) is 99.2 Å². The standard InChI is InChI=1S/C29H27NO2P.C11H14NO.Fe/c1-3-30(4-2)33(23-13-7-8-14-23)32-27-20-18-22-12-6-10-16-25(22)29(27)28-24-15-9-5-11-21(24)17-19-26(28)31;1-8(2)10-7-13-11(12-10)9-5-3-4-6-9;/h5-20,31H,3-4H2,1-2H3;3-6,8,10H,7H2,1-2H3;/q2*-1;+2/t33-;10-;/m11./s1. The van der Waals surface area contributed by atoms with E-state index in [1.165, 1.54) is 5.30 Å². The third-order valence-corrected chi connectivity index (χ3v) is 10.6. The van der Waals surface area contributed by atoms with Gasteiger partial charge in [0.15, 0.2) is 8.30 Å². The van der Waals surface area contributed by atoms with Gasteiger partial charge in [0.05, 0.1) is 12.6 Å². The minimum Gasteiger partial charge on any atom is -0.518 e. The molecule has 0 bridgehead atoms. The maximum Gasteiger partial charge on any atom is 2.00 e. The molecule has 1 aliphatic heterocycles. The van der Waals surface area contributed by atoms with Crippen molar-refractivity contribution < 1.29 is 31.4 Å². The first-order chi connectivity index (χ1) is 22.5. The zero-order valence-corrected chi connectivity index (χ0v) is 29.3. The van der Waals surface area contributed by atoms with Gasteiger partial charge in [-0.05, 0) is 39.6 Å². The van der Waals surface area contributed by atoms with E-state index in [1.807, 2.05) is 54.6 Å². The first-order valence-corrected chi connectivity index (χ1v) is 17.3. The zero-order chi connectivity index (χ0) is 32.0. The molecule has 1 N–H and O–H groups in total. The Balaban J connectivity index is 0.000000260. The number of hydrogen-bond donors (Lipinski definition) is 1. The second kappa shape index (κ2) is 15.8. The van der Waals surface area contributed by atoms with Crippen molar-refractivity contribution in [1.29, 1.82) is 0 Å². The summed E-state index contributed by atoms with van der Waals surface area (Å²) in [5.74, 6) is 2.42. The van der Waals surface area contributed by atoms with Crippen LogP contribution in [0.1, 0.15) is 33.3 Å². The van der Waals surface area contributed by atoms with Crippen LogP contribution >= 0.6 is 8.30 Å². The zero-order valence-electron chi connectivity index (χ0n) is 27.3. The number of phenols is 1. The van der Waals surface area contributed by atoms with Crippen LogP contribution in [-0.4, -0.2) is 41.4 Å². The number of aromatic hydroxyl groups is 1. The minimum absolute atomic E-state index is 0. The SMILES string of the molecule is CC(C)[C@H]1COC(c2ccc[cH-]2)=N1.CCN(CC)[P@](Oc1ccc2ccccc2c1-c1c(O)ccc2ccccc12)c1ccc[cH-]1.[Fe+2]. The predicted octanol–water partition coefficient (Wildman–Crippen LogP) is 9.65. The van der Waals surface area contributed by atoms with Gasteiger partial charge >= 0.3 is 17.1 Å². The van der Waals surface area contributed by atoms with E-state index in [0.717, 1.165) is 69.6 Å². The molecule has 1 aliphatic rings. The van der Waals surface area contributed by atoms with E-state index < -0.39 is 8.30 Å². The van der Waals surface area contributed by atoms with Crippen LogP contribution in [0.4, 0.5) is 0 Å². The van der Waals surface area contributed by atoms with E-state index in [-0.39, 0.29) is 22.8 Å². The van der Waals surface area contributed by atoms with Crippen LogP contribution < -0.4 is 9.83 Å². The van der Waals surface area contributed by atoms with Crippen molar-refractivity contribution in [3.63, 3.8) is 0 Å². The molecular weight excluding hydrogens is 643 g/mol. The van der Waals surface area contributed by atoms with E-state index in [9.17, 15) is 5.11 Å². The Hall–Kier alpha value is -3.92. The van der Waals surface area contributed by atoms with Gasteiger partial charge < -0.3 is 14.4 Å². The van der Waals surface area contributed by atoms with Gasteiger partial charge in [-0.25, -0.2) is 16.8 Å². The fourth-order valence-electron chi connectivity index (χ4n) is 5.85. The normalized spacial score (nSPS) is 14.8. The van der Waals surface area contributed by atoms with E-state index >= 15 is 0 Å². The first-order valence-electron chi connectivity index (χ1n) is 16.1. The molecule has 0 amide bonds. The fourth-order valence-corrected chi connectivity index (χ4v) is 7.68. The van der Waals surface area contributed by atoms with Crippen LogP contribution in [0.25, 0.3) is 32.7 Å². The second-order valence-corrected chi connectivity index (χ2v) is 13.5. The molecule has 0 saturated heterocycles. The second-order valence-electron chi connectivity index (χ2n) is 11.7. The van der Waals surface area contributed by atoms with Crippen LogP contribution in [0.5, 0.6) is 11.5 Å². The van der Waals surface area contributed by atoms with Crippen molar-refractivity contribution in [2.24, 2.45) is 10.9 Å². The topological polar surface area (TPSA) is 54.3 Å². The van der Waals surface area contributed by atoms with Crippen molar-refractivity contribution in [2.45, 2.75) is 33.7 Å². The molecule has 2 atom stereocenters. The molecule has 0 aliphatic carbocycles. The Morgan fingerprint density at radius 1 is 0.830 bits per heavy atom. The molecular formula is C40H41FeN2O3P. The summed E-state index contributed by atoms with van der Waals surface area (Å²) in [4.78, 5) is 4.52. The molecule has 242 valence electrons. The Morgan fingerprint density at radius 3 is 2.06 bits per heavy atom. The maximum absolute atomic E-state index is 11.1. The molecule has 0 aromatic heterocycles. The molecule has 7 rings (SSSR count). The fraction of sp³-hybridized carbons (Fsp3) is 0.225. The number of hydrogen-bond acceptors (Lipinski definition) is 5. The smallest absolute Gasteiger partial charge is 0.518 e. The third-order valence-electron chi connectivity index (χ3n) is 8.44. The van der Waals surface area contributed by atoms with E-state index in [4.69, 9.17) is 9.26 Å². The summed E-state index contributed by atoms with van der Waals surface area (Å²) in [6.45, 7) is 11.2. The largest absolute Gasteiger partial charge is 2.00 e. The van der Waals surface area contributed by atoms with Gasteiger partial charge in [0.25, 0.3) is 0 Å². The molecule has 0 spiro atoms. The first kappa shape index (κ1) is 34.4. The molecule has 0 radical (unpaired) electrons. The average Bonchev–Trinajstić information content (AvgIpc) is 3.89. The van der Waals surface area contributed by atoms with Crippen molar-refractivity contribution in [3.8, 4) is 22.6 Å². The minimum atomic E-state index is -1.02. The number of fused-ring (bicyclic) bond motifs is 2. The van der Waals surface area contributed by atoms with Gasteiger partial charge in [0.1, 0.15) is 17.4 Å².